The third-order valence-corrected chi connectivity index (χ3v) is 3.69. The fourth-order valence-electron chi connectivity index (χ4n) is 2.61. The van der Waals surface area contributed by atoms with Crippen molar-refractivity contribution >= 4 is 5.91 Å². The number of pyridine rings is 1. The van der Waals surface area contributed by atoms with Crippen molar-refractivity contribution < 1.29 is 4.79 Å². The first-order valence-corrected chi connectivity index (χ1v) is 6.50. The van der Waals surface area contributed by atoms with Crippen LogP contribution in [0.15, 0.2) is 18.5 Å². The fraction of sp³-hybridized carbons (Fsp3) is 0.571. The molecule has 4 nitrogen and oxygen atoms in total. The minimum Gasteiger partial charge on any atom is -0.338 e. The van der Waals surface area contributed by atoms with Gasteiger partial charge in [0, 0.05) is 31.5 Å². The molecule has 0 radical (unpaired) electrons. The molecule has 1 fully saturated rings. The molecule has 2 atom stereocenters. The van der Waals surface area contributed by atoms with Crippen LogP contribution in [0.1, 0.15) is 29.3 Å². The van der Waals surface area contributed by atoms with Gasteiger partial charge >= 0.3 is 0 Å². The molecule has 1 aromatic rings. The van der Waals surface area contributed by atoms with Gasteiger partial charge in [0.15, 0.2) is 0 Å². The van der Waals surface area contributed by atoms with Crippen molar-refractivity contribution in [3.05, 3.63) is 29.6 Å². The van der Waals surface area contributed by atoms with Crippen LogP contribution in [0.4, 0.5) is 0 Å². The maximum Gasteiger partial charge on any atom is 0.255 e. The summed E-state index contributed by atoms with van der Waals surface area (Å²) in [6.07, 6.45) is 4.44. The number of rotatable bonds is 2. The van der Waals surface area contributed by atoms with E-state index >= 15 is 0 Å². The maximum atomic E-state index is 12.4. The average molecular weight is 247 g/mol. The van der Waals surface area contributed by atoms with E-state index in [1.165, 1.54) is 0 Å². The summed E-state index contributed by atoms with van der Waals surface area (Å²) in [5.74, 6) is 0.595. The number of aromatic nitrogens is 1. The molecule has 2 heterocycles. The molecule has 0 spiro atoms. The SMILES string of the molecule is CNC1CCN(C(=O)c2cncc(C)c2)CC1C. The van der Waals surface area contributed by atoms with Gasteiger partial charge in [0.2, 0.25) is 0 Å². The zero-order chi connectivity index (χ0) is 13.1. The summed E-state index contributed by atoms with van der Waals surface area (Å²) in [6, 6.07) is 2.43. The minimum absolute atomic E-state index is 0.104. The highest BCUT2D eigenvalue weighted by atomic mass is 16.2. The van der Waals surface area contributed by atoms with E-state index in [1.807, 2.05) is 24.9 Å². The topological polar surface area (TPSA) is 45.2 Å². The van der Waals surface area contributed by atoms with Gasteiger partial charge in [-0.1, -0.05) is 6.92 Å². The second kappa shape index (κ2) is 5.48. The number of amides is 1. The number of nitrogens with one attached hydrogen (secondary N) is 1. The second-order valence-electron chi connectivity index (χ2n) is 5.16. The molecule has 0 aromatic carbocycles. The lowest BCUT2D eigenvalue weighted by Gasteiger charge is -2.36. The zero-order valence-corrected chi connectivity index (χ0v) is 11.3. The molecular weight excluding hydrogens is 226 g/mol. The Labute approximate surface area is 108 Å². The summed E-state index contributed by atoms with van der Waals surface area (Å²) in [4.78, 5) is 18.4. The van der Waals surface area contributed by atoms with Crippen LogP contribution >= 0.6 is 0 Å². The van der Waals surface area contributed by atoms with E-state index in [4.69, 9.17) is 0 Å². The van der Waals surface area contributed by atoms with Gasteiger partial charge in [0.25, 0.3) is 5.91 Å². The van der Waals surface area contributed by atoms with Gasteiger partial charge in [0.05, 0.1) is 5.56 Å². The Morgan fingerprint density at radius 1 is 1.50 bits per heavy atom. The third kappa shape index (κ3) is 2.70. The highest BCUT2D eigenvalue weighted by molar-refractivity contribution is 5.94. The molecule has 98 valence electrons. The summed E-state index contributed by atoms with van der Waals surface area (Å²) in [5.41, 5.74) is 1.73. The predicted molar refractivity (Wildman–Crippen MR) is 71.5 cm³/mol. The number of hydrogen-bond acceptors (Lipinski definition) is 3. The normalized spacial score (nSPS) is 24.1. The average Bonchev–Trinajstić information content (AvgIpc) is 2.37. The highest BCUT2D eigenvalue weighted by Crippen LogP contribution is 2.18. The molecule has 2 rings (SSSR count). The minimum atomic E-state index is 0.104. The number of piperidine rings is 1. The van der Waals surface area contributed by atoms with E-state index in [9.17, 15) is 4.79 Å². The van der Waals surface area contributed by atoms with Gasteiger partial charge < -0.3 is 10.2 Å². The van der Waals surface area contributed by atoms with Crippen molar-refractivity contribution in [2.45, 2.75) is 26.3 Å². The zero-order valence-electron chi connectivity index (χ0n) is 11.3. The van der Waals surface area contributed by atoms with Crippen molar-refractivity contribution in [3.8, 4) is 0 Å². The predicted octanol–water partition coefficient (Wildman–Crippen LogP) is 1.46. The van der Waals surface area contributed by atoms with E-state index < -0.39 is 0 Å². The molecule has 1 aliphatic heterocycles. The molecule has 18 heavy (non-hydrogen) atoms. The van der Waals surface area contributed by atoms with Crippen molar-refractivity contribution in [1.82, 2.24) is 15.2 Å². The van der Waals surface area contributed by atoms with E-state index in [1.54, 1.807) is 12.4 Å². The monoisotopic (exact) mass is 247 g/mol. The Morgan fingerprint density at radius 3 is 2.89 bits per heavy atom. The fourth-order valence-corrected chi connectivity index (χ4v) is 2.61. The van der Waals surface area contributed by atoms with Gasteiger partial charge in [-0.05, 0) is 37.9 Å². The van der Waals surface area contributed by atoms with Crippen LogP contribution in [0.3, 0.4) is 0 Å². The first kappa shape index (κ1) is 13.0. The Balaban J connectivity index is 2.07. The highest BCUT2D eigenvalue weighted by Gasteiger charge is 2.28. The Bertz CT molecular complexity index is 433. The van der Waals surface area contributed by atoms with E-state index in [-0.39, 0.29) is 5.91 Å². The van der Waals surface area contributed by atoms with Gasteiger partial charge in [-0.15, -0.1) is 0 Å². The first-order chi connectivity index (χ1) is 8.61. The smallest absolute Gasteiger partial charge is 0.255 e. The van der Waals surface area contributed by atoms with Crippen LogP contribution in [0.2, 0.25) is 0 Å². The van der Waals surface area contributed by atoms with Crippen molar-refractivity contribution in [2.75, 3.05) is 20.1 Å². The summed E-state index contributed by atoms with van der Waals surface area (Å²) in [7, 11) is 1.99. The molecule has 4 heteroatoms. The lowest BCUT2D eigenvalue weighted by atomic mass is 9.93. The molecule has 1 aromatic heterocycles. The van der Waals surface area contributed by atoms with E-state index in [0.717, 1.165) is 25.1 Å². The first-order valence-electron chi connectivity index (χ1n) is 6.50. The number of carbonyl (C=O) groups excluding carboxylic acids is 1. The van der Waals surface area contributed by atoms with Crippen LogP contribution in [-0.4, -0.2) is 42.0 Å². The van der Waals surface area contributed by atoms with Crippen molar-refractivity contribution in [3.63, 3.8) is 0 Å². The summed E-state index contributed by atoms with van der Waals surface area (Å²) >= 11 is 0. The molecule has 1 saturated heterocycles. The molecule has 0 aliphatic carbocycles. The summed E-state index contributed by atoms with van der Waals surface area (Å²) in [5, 5.41) is 3.31. The van der Waals surface area contributed by atoms with Gasteiger partial charge in [-0.2, -0.15) is 0 Å². The largest absolute Gasteiger partial charge is 0.338 e. The number of carbonyl (C=O) groups is 1. The number of aryl methyl sites for hydroxylation is 1. The summed E-state index contributed by atoms with van der Waals surface area (Å²) < 4.78 is 0. The number of hydrogen-bond donors (Lipinski definition) is 1. The molecule has 0 saturated carbocycles. The van der Waals surface area contributed by atoms with Crippen LogP contribution in [-0.2, 0) is 0 Å². The van der Waals surface area contributed by atoms with Gasteiger partial charge in [-0.3, -0.25) is 9.78 Å². The lowest BCUT2D eigenvalue weighted by Crippen LogP contribution is -2.49. The van der Waals surface area contributed by atoms with Crippen molar-refractivity contribution in [1.29, 1.82) is 0 Å². The standard InChI is InChI=1S/C14H21N3O/c1-10-6-12(8-16-7-10)14(18)17-5-4-13(15-3)11(2)9-17/h6-8,11,13,15H,4-5,9H2,1-3H3. The van der Waals surface area contributed by atoms with E-state index in [2.05, 4.69) is 17.2 Å². The molecular formula is C14H21N3O. The van der Waals surface area contributed by atoms with E-state index in [0.29, 0.717) is 17.5 Å². The molecule has 0 bridgehead atoms. The quantitative estimate of drug-likeness (QED) is 0.860. The third-order valence-electron chi connectivity index (χ3n) is 3.69. The van der Waals surface area contributed by atoms with Gasteiger partial charge in [0.1, 0.15) is 0 Å². The van der Waals surface area contributed by atoms with Crippen molar-refractivity contribution in [2.24, 2.45) is 5.92 Å². The second-order valence-corrected chi connectivity index (χ2v) is 5.16. The Kier molecular flexibility index (Phi) is 3.97. The number of nitrogens with zero attached hydrogens (tertiary/aromatic N) is 2. The van der Waals surface area contributed by atoms with Crippen LogP contribution in [0.25, 0.3) is 0 Å². The molecule has 2 unspecified atom stereocenters. The Hall–Kier alpha value is -1.42. The summed E-state index contributed by atoms with van der Waals surface area (Å²) in [6.45, 7) is 5.79. The van der Waals surface area contributed by atoms with Crippen LogP contribution in [0.5, 0.6) is 0 Å². The maximum absolute atomic E-state index is 12.4. The van der Waals surface area contributed by atoms with Gasteiger partial charge in [-0.25, -0.2) is 0 Å². The lowest BCUT2D eigenvalue weighted by molar-refractivity contribution is 0.0649. The van der Waals surface area contributed by atoms with Crippen LogP contribution in [0, 0.1) is 12.8 Å². The number of likely N-dealkylation sites (tertiary alicyclic amines) is 1. The molecule has 1 amide bonds. The Morgan fingerprint density at radius 2 is 2.28 bits per heavy atom. The molecule has 1 N–H and O–H groups in total. The van der Waals surface area contributed by atoms with Crippen LogP contribution < -0.4 is 5.32 Å². The molecule has 1 aliphatic rings.